The molecule has 140 valence electrons. The molecule has 1 saturated heterocycles. The summed E-state index contributed by atoms with van der Waals surface area (Å²) in [6.45, 7) is 5.01. The number of hydrogen-bond donors (Lipinski definition) is 0. The Hall–Kier alpha value is -2.55. The number of ether oxygens (including phenoxy) is 2. The SMILES string of the molecule is C=CCCC[C@H]1CO[C@H](C#Cc2ccc(-c3ccc(F)c(F)c3)nc2)OC1. The summed E-state index contributed by atoms with van der Waals surface area (Å²) >= 11 is 0. The minimum atomic E-state index is -0.896. The molecule has 1 aromatic heterocycles. The van der Waals surface area contributed by atoms with E-state index in [2.05, 4.69) is 23.4 Å². The van der Waals surface area contributed by atoms with Crippen molar-refractivity contribution in [1.82, 2.24) is 4.98 Å². The van der Waals surface area contributed by atoms with Crippen LogP contribution in [0.1, 0.15) is 24.8 Å². The molecule has 5 heteroatoms. The molecule has 2 heterocycles. The van der Waals surface area contributed by atoms with Gasteiger partial charge >= 0.3 is 0 Å². The number of nitrogens with zero attached hydrogens (tertiary/aromatic N) is 1. The molecule has 1 aromatic carbocycles. The molecular weight excluding hydrogens is 348 g/mol. The molecule has 0 radical (unpaired) electrons. The maximum absolute atomic E-state index is 13.3. The van der Waals surface area contributed by atoms with Gasteiger partial charge in [-0.25, -0.2) is 8.78 Å². The number of aromatic nitrogens is 1. The molecule has 2 aromatic rings. The molecular formula is C22H21F2NO2. The van der Waals surface area contributed by atoms with Gasteiger partial charge in [-0.15, -0.1) is 6.58 Å². The summed E-state index contributed by atoms with van der Waals surface area (Å²) in [5, 5.41) is 0. The number of benzene rings is 1. The van der Waals surface area contributed by atoms with Gasteiger partial charge in [-0.3, -0.25) is 4.98 Å². The number of hydrogen-bond acceptors (Lipinski definition) is 3. The molecule has 3 rings (SSSR count). The van der Waals surface area contributed by atoms with Crippen molar-refractivity contribution in [3.05, 3.63) is 66.4 Å². The maximum Gasteiger partial charge on any atom is 0.222 e. The maximum atomic E-state index is 13.3. The van der Waals surface area contributed by atoms with Gasteiger partial charge in [0.1, 0.15) is 0 Å². The first-order valence-corrected chi connectivity index (χ1v) is 8.93. The highest BCUT2D eigenvalue weighted by atomic mass is 19.2. The van der Waals surface area contributed by atoms with Crippen LogP contribution >= 0.6 is 0 Å². The van der Waals surface area contributed by atoms with Gasteiger partial charge in [0.25, 0.3) is 0 Å². The molecule has 0 unspecified atom stereocenters. The summed E-state index contributed by atoms with van der Waals surface area (Å²) in [5.74, 6) is 4.54. The van der Waals surface area contributed by atoms with E-state index >= 15 is 0 Å². The molecule has 1 aliphatic rings. The molecule has 0 saturated carbocycles. The summed E-state index contributed by atoms with van der Waals surface area (Å²) in [6, 6.07) is 7.19. The Morgan fingerprint density at radius 2 is 1.96 bits per heavy atom. The zero-order valence-electron chi connectivity index (χ0n) is 15.0. The van der Waals surface area contributed by atoms with Crippen LogP contribution in [0.2, 0.25) is 0 Å². The van der Waals surface area contributed by atoms with Crippen molar-refractivity contribution >= 4 is 0 Å². The number of pyridine rings is 1. The Balaban J connectivity index is 1.55. The van der Waals surface area contributed by atoms with Crippen LogP contribution in [0.4, 0.5) is 8.78 Å². The zero-order chi connectivity index (χ0) is 19.1. The Morgan fingerprint density at radius 3 is 2.63 bits per heavy atom. The Labute approximate surface area is 158 Å². The topological polar surface area (TPSA) is 31.4 Å². The lowest BCUT2D eigenvalue weighted by molar-refractivity contribution is -0.170. The average Bonchev–Trinajstić information content (AvgIpc) is 2.70. The highest BCUT2D eigenvalue weighted by molar-refractivity contribution is 5.59. The molecule has 1 fully saturated rings. The van der Waals surface area contributed by atoms with Crippen molar-refractivity contribution in [3.63, 3.8) is 0 Å². The second-order valence-corrected chi connectivity index (χ2v) is 6.41. The number of unbranched alkanes of at least 4 members (excludes halogenated alkanes) is 1. The van der Waals surface area contributed by atoms with Gasteiger partial charge < -0.3 is 9.47 Å². The first kappa shape index (κ1) is 19.2. The van der Waals surface area contributed by atoms with E-state index in [1.807, 2.05) is 6.08 Å². The van der Waals surface area contributed by atoms with E-state index in [0.717, 1.165) is 31.4 Å². The molecule has 0 N–H and O–H groups in total. The highest BCUT2D eigenvalue weighted by Gasteiger charge is 2.20. The third-order valence-corrected chi connectivity index (χ3v) is 4.30. The van der Waals surface area contributed by atoms with Gasteiger partial charge in [-0.1, -0.05) is 12.0 Å². The fraction of sp³-hybridized carbons (Fsp3) is 0.318. The van der Waals surface area contributed by atoms with Crippen LogP contribution in [0, 0.1) is 29.4 Å². The van der Waals surface area contributed by atoms with Crippen LogP contribution < -0.4 is 0 Å². The summed E-state index contributed by atoms with van der Waals surface area (Å²) in [7, 11) is 0. The Bertz CT molecular complexity index is 832. The van der Waals surface area contributed by atoms with Crippen molar-refractivity contribution < 1.29 is 18.3 Å². The van der Waals surface area contributed by atoms with Gasteiger partial charge in [0.15, 0.2) is 11.6 Å². The quantitative estimate of drug-likeness (QED) is 0.434. The van der Waals surface area contributed by atoms with Gasteiger partial charge in [0.2, 0.25) is 6.29 Å². The second kappa shape index (κ2) is 9.40. The predicted octanol–water partition coefficient (Wildman–Crippen LogP) is 4.72. The van der Waals surface area contributed by atoms with Crippen LogP contribution in [0.3, 0.4) is 0 Å². The molecule has 0 bridgehead atoms. The van der Waals surface area contributed by atoms with E-state index in [-0.39, 0.29) is 0 Å². The van der Waals surface area contributed by atoms with Crippen LogP contribution in [0.15, 0.2) is 49.2 Å². The van der Waals surface area contributed by atoms with Gasteiger partial charge in [0, 0.05) is 23.2 Å². The fourth-order valence-electron chi connectivity index (χ4n) is 2.78. The number of allylic oxidation sites excluding steroid dienone is 1. The van der Waals surface area contributed by atoms with Gasteiger partial charge in [-0.2, -0.15) is 0 Å². The first-order valence-electron chi connectivity index (χ1n) is 8.93. The number of rotatable bonds is 5. The molecule has 3 nitrogen and oxygen atoms in total. The minimum absolute atomic E-state index is 0.403. The van der Waals surface area contributed by atoms with Crippen molar-refractivity contribution in [2.45, 2.75) is 25.6 Å². The predicted molar refractivity (Wildman–Crippen MR) is 99.7 cm³/mol. The lowest BCUT2D eigenvalue weighted by atomic mass is 10.0. The molecule has 0 atom stereocenters. The lowest BCUT2D eigenvalue weighted by Crippen LogP contribution is -2.31. The summed E-state index contributed by atoms with van der Waals surface area (Å²) in [6.07, 6.45) is 6.13. The van der Waals surface area contributed by atoms with E-state index in [4.69, 9.17) is 9.47 Å². The van der Waals surface area contributed by atoms with Crippen LogP contribution in [0.25, 0.3) is 11.3 Å². The zero-order valence-corrected chi connectivity index (χ0v) is 15.0. The largest absolute Gasteiger partial charge is 0.342 e. The Morgan fingerprint density at radius 1 is 1.15 bits per heavy atom. The molecule has 27 heavy (non-hydrogen) atoms. The average molecular weight is 369 g/mol. The molecule has 0 amide bonds. The van der Waals surface area contributed by atoms with E-state index in [9.17, 15) is 8.78 Å². The van der Waals surface area contributed by atoms with Crippen molar-refractivity contribution in [1.29, 1.82) is 0 Å². The lowest BCUT2D eigenvalue weighted by Gasteiger charge is -2.26. The third-order valence-electron chi connectivity index (χ3n) is 4.30. The first-order chi connectivity index (χ1) is 13.2. The molecule has 0 spiro atoms. The summed E-state index contributed by atoms with van der Waals surface area (Å²) in [4.78, 5) is 4.26. The molecule has 0 aliphatic carbocycles. The Kier molecular flexibility index (Phi) is 6.69. The molecule has 1 aliphatic heterocycles. The third kappa shape index (κ3) is 5.46. The standard InChI is InChI=1S/C22H21F2NO2/c1-2-3-4-5-17-14-26-22(27-15-17)11-7-16-6-10-21(25-13-16)18-8-9-19(23)20(24)12-18/h2,6,8-10,12-13,17,22H,1,3-5,14-15H2/t17-,22-. The highest BCUT2D eigenvalue weighted by Crippen LogP contribution is 2.20. The van der Waals surface area contributed by atoms with E-state index in [0.29, 0.717) is 36.0 Å². The van der Waals surface area contributed by atoms with Crippen LogP contribution in [-0.2, 0) is 9.47 Å². The van der Waals surface area contributed by atoms with Gasteiger partial charge in [-0.05, 0) is 55.5 Å². The van der Waals surface area contributed by atoms with Crippen molar-refractivity contribution in [2.75, 3.05) is 13.2 Å². The summed E-state index contributed by atoms with van der Waals surface area (Å²) < 4.78 is 37.6. The monoisotopic (exact) mass is 369 g/mol. The van der Waals surface area contributed by atoms with E-state index in [1.54, 1.807) is 18.3 Å². The minimum Gasteiger partial charge on any atom is -0.342 e. The summed E-state index contributed by atoms with van der Waals surface area (Å²) in [5.41, 5.74) is 1.75. The number of halogens is 2. The normalized spacial score (nSPS) is 19.2. The van der Waals surface area contributed by atoms with Crippen molar-refractivity contribution in [3.8, 4) is 23.1 Å². The van der Waals surface area contributed by atoms with Crippen LogP contribution in [0.5, 0.6) is 0 Å². The van der Waals surface area contributed by atoms with Crippen molar-refractivity contribution in [2.24, 2.45) is 5.92 Å². The van der Waals surface area contributed by atoms with Crippen LogP contribution in [-0.4, -0.2) is 24.5 Å². The van der Waals surface area contributed by atoms with E-state index in [1.165, 1.54) is 6.07 Å². The second-order valence-electron chi connectivity index (χ2n) is 6.41. The smallest absolute Gasteiger partial charge is 0.222 e. The van der Waals surface area contributed by atoms with Gasteiger partial charge in [0.05, 0.1) is 18.9 Å². The fourth-order valence-corrected chi connectivity index (χ4v) is 2.78. The van der Waals surface area contributed by atoms with E-state index < -0.39 is 17.9 Å².